The second kappa shape index (κ2) is 11.6. The molecule has 36 heavy (non-hydrogen) atoms. The first-order chi connectivity index (χ1) is 16.9. The SMILES string of the molecule is CCOC(=O)/C=C/c1ccc2c(c1)nc(C1CCCN1C(=O)OC(C)(C)C)n2COCC[Si](C)(C)C. The Morgan fingerprint density at radius 3 is 2.64 bits per heavy atom. The van der Waals surface area contributed by atoms with Gasteiger partial charge < -0.3 is 18.8 Å². The molecule has 198 valence electrons. The van der Waals surface area contributed by atoms with Crippen LogP contribution in [0, 0.1) is 0 Å². The van der Waals surface area contributed by atoms with Crippen molar-refractivity contribution in [1.29, 1.82) is 0 Å². The van der Waals surface area contributed by atoms with Gasteiger partial charge in [0.25, 0.3) is 0 Å². The molecular weight excluding hydrogens is 474 g/mol. The largest absolute Gasteiger partial charge is 0.463 e. The second-order valence-electron chi connectivity index (χ2n) is 11.4. The topological polar surface area (TPSA) is 82.9 Å². The Labute approximate surface area is 215 Å². The zero-order valence-corrected chi connectivity index (χ0v) is 23.8. The third kappa shape index (κ3) is 7.67. The van der Waals surface area contributed by atoms with Gasteiger partial charge in [0.05, 0.1) is 23.7 Å². The number of imidazole rings is 1. The molecule has 0 radical (unpaired) electrons. The van der Waals surface area contributed by atoms with E-state index in [4.69, 9.17) is 19.2 Å². The lowest BCUT2D eigenvalue weighted by Gasteiger charge is -2.28. The number of fused-ring (bicyclic) bond motifs is 1. The minimum absolute atomic E-state index is 0.189. The van der Waals surface area contributed by atoms with Gasteiger partial charge in [-0.05, 0) is 70.4 Å². The van der Waals surface area contributed by atoms with Crippen molar-refractivity contribution in [2.45, 2.75) is 84.6 Å². The number of carbonyl (C=O) groups is 2. The minimum atomic E-state index is -1.22. The van der Waals surface area contributed by atoms with Gasteiger partial charge in [-0.3, -0.25) is 4.90 Å². The number of carbonyl (C=O) groups excluding carboxylic acids is 2. The Balaban J connectivity index is 1.93. The van der Waals surface area contributed by atoms with Gasteiger partial charge >= 0.3 is 12.1 Å². The van der Waals surface area contributed by atoms with Gasteiger partial charge in [0.2, 0.25) is 0 Å². The number of benzene rings is 1. The van der Waals surface area contributed by atoms with E-state index in [0.29, 0.717) is 26.5 Å². The molecule has 1 amide bonds. The average Bonchev–Trinajstić information content (AvgIpc) is 3.38. The number of nitrogens with zero attached hydrogens (tertiary/aromatic N) is 3. The van der Waals surface area contributed by atoms with Crippen LogP contribution in [0.25, 0.3) is 17.1 Å². The summed E-state index contributed by atoms with van der Waals surface area (Å²) in [4.78, 5) is 31.5. The van der Waals surface area contributed by atoms with Crippen molar-refractivity contribution in [2.75, 3.05) is 19.8 Å². The maximum atomic E-state index is 13.0. The van der Waals surface area contributed by atoms with Crippen molar-refractivity contribution < 1.29 is 23.8 Å². The summed E-state index contributed by atoms with van der Waals surface area (Å²) in [6, 6.07) is 6.77. The Morgan fingerprint density at radius 1 is 1.22 bits per heavy atom. The molecule has 1 aliphatic rings. The molecule has 3 rings (SSSR count). The van der Waals surface area contributed by atoms with E-state index in [0.717, 1.165) is 41.3 Å². The van der Waals surface area contributed by atoms with Gasteiger partial charge in [-0.2, -0.15) is 0 Å². The maximum absolute atomic E-state index is 13.0. The highest BCUT2D eigenvalue weighted by Gasteiger charge is 2.36. The summed E-state index contributed by atoms with van der Waals surface area (Å²) in [5.41, 5.74) is 2.01. The monoisotopic (exact) mass is 515 g/mol. The molecule has 1 atom stereocenters. The lowest BCUT2D eigenvalue weighted by atomic mass is 10.2. The lowest BCUT2D eigenvalue weighted by molar-refractivity contribution is -0.137. The second-order valence-corrected chi connectivity index (χ2v) is 17.0. The Hall–Kier alpha value is -2.65. The van der Waals surface area contributed by atoms with E-state index < -0.39 is 13.7 Å². The van der Waals surface area contributed by atoms with Crippen LogP contribution < -0.4 is 0 Å². The van der Waals surface area contributed by atoms with E-state index >= 15 is 0 Å². The van der Waals surface area contributed by atoms with E-state index in [-0.39, 0.29) is 18.1 Å². The van der Waals surface area contributed by atoms with Gasteiger partial charge in [0.15, 0.2) is 0 Å². The smallest absolute Gasteiger partial charge is 0.410 e. The predicted molar refractivity (Wildman–Crippen MR) is 144 cm³/mol. The fourth-order valence-electron chi connectivity index (χ4n) is 4.12. The van der Waals surface area contributed by atoms with Crippen molar-refractivity contribution in [1.82, 2.24) is 14.5 Å². The number of ether oxygens (including phenoxy) is 3. The summed E-state index contributed by atoms with van der Waals surface area (Å²) in [6.45, 7) is 16.4. The van der Waals surface area contributed by atoms with Gasteiger partial charge in [0, 0.05) is 27.3 Å². The first-order valence-electron chi connectivity index (χ1n) is 12.8. The van der Waals surface area contributed by atoms with Crippen molar-refractivity contribution in [2.24, 2.45) is 0 Å². The lowest BCUT2D eigenvalue weighted by Crippen LogP contribution is -2.37. The summed E-state index contributed by atoms with van der Waals surface area (Å²) in [6.07, 6.45) is 4.53. The fraction of sp³-hybridized carbons (Fsp3) is 0.593. The highest BCUT2D eigenvalue weighted by molar-refractivity contribution is 6.76. The highest BCUT2D eigenvalue weighted by Crippen LogP contribution is 2.35. The number of hydrogen-bond acceptors (Lipinski definition) is 6. The van der Waals surface area contributed by atoms with Crippen LogP contribution >= 0.6 is 0 Å². The first-order valence-corrected chi connectivity index (χ1v) is 16.5. The van der Waals surface area contributed by atoms with E-state index in [1.807, 2.05) is 39.0 Å². The molecule has 0 saturated carbocycles. The molecule has 2 heterocycles. The number of aromatic nitrogens is 2. The standard InChI is InChI=1S/C27H41N3O5Si/c1-8-34-24(31)14-12-20-11-13-22-21(18-20)28-25(30(22)19-33-16-17-36(5,6)7)23-10-9-15-29(23)26(32)35-27(2,3)4/h11-14,18,23H,8-10,15-17,19H2,1-7H3/b14-12+. The molecule has 1 unspecified atom stereocenters. The van der Waals surface area contributed by atoms with Crippen molar-refractivity contribution >= 4 is 37.2 Å². The van der Waals surface area contributed by atoms with E-state index in [1.165, 1.54) is 6.08 Å². The molecule has 9 heteroatoms. The van der Waals surface area contributed by atoms with Gasteiger partial charge in [0.1, 0.15) is 18.2 Å². The summed E-state index contributed by atoms with van der Waals surface area (Å²) in [7, 11) is -1.22. The number of rotatable bonds is 9. The number of likely N-dealkylation sites (tertiary alicyclic amines) is 1. The van der Waals surface area contributed by atoms with Crippen LogP contribution in [0.4, 0.5) is 4.79 Å². The molecule has 2 aromatic rings. The molecule has 0 spiro atoms. The van der Waals surface area contributed by atoms with Crippen molar-refractivity contribution in [3.8, 4) is 0 Å². The van der Waals surface area contributed by atoms with Gasteiger partial charge in [-0.1, -0.05) is 25.7 Å². The minimum Gasteiger partial charge on any atom is -0.463 e. The van der Waals surface area contributed by atoms with Crippen LogP contribution in [-0.4, -0.2) is 59.9 Å². The van der Waals surface area contributed by atoms with Crippen molar-refractivity contribution in [3.05, 3.63) is 35.7 Å². The molecule has 0 aliphatic carbocycles. The Morgan fingerprint density at radius 2 is 1.97 bits per heavy atom. The predicted octanol–water partition coefficient (Wildman–Crippen LogP) is 6.00. The third-order valence-electron chi connectivity index (χ3n) is 5.90. The molecule has 0 bridgehead atoms. The Kier molecular flexibility index (Phi) is 9.00. The summed E-state index contributed by atoms with van der Waals surface area (Å²) in [5.74, 6) is 0.423. The van der Waals surface area contributed by atoms with Crippen LogP contribution in [0.2, 0.25) is 25.7 Å². The van der Waals surface area contributed by atoms with E-state index in [2.05, 4.69) is 24.2 Å². The normalized spacial score (nSPS) is 16.8. The van der Waals surface area contributed by atoms with Crippen LogP contribution in [0.3, 0.4) is 0 Å². The summed E-state index contributed by atoms with van der Waals surface area (Å²) >= 11 is 0. The van der Waals surface area contributed by atoms with Crippen LogP contribution in [-0.2, 0) is 25.7 Å². The van der Waals surface area contributed by atoms with E-state index in [1.54, 1.807) is 17.9 Å². The zero-order valence-electron chi connectivity index (χ0n) is 22.8. The maximum Gasteiger partial charge on any atom is 0.410 e. The number of hydrogen-bond donors (Lipinski definition) is 0. The van der Waals surface area contributed by atoms with E-state index in [9.17, 15) is 9.59 Å². The first kappa shape index (κ1) is 27.9. The molecule has 1 aromatic heterocycles. The van der Waals surface area contributed by atoms with Crippen LogP contribution in [0.15, 0.2) is 24.3 Å². The van der Waals surface area contributed by atoms with Crippen molar-refractivity contribution in [3.63, 3.8) is 0 Å². The fourth-order valence-corrected chi connectivity index (χ4v) is 4.88. The molecular formula is C27H41N3O5Si. The summed E-state index contributed by atoms with van der Waals surface area (Å²) in [5, 5.41) is 0. The third-order valence-corrected chi connectivity index (χ3v) is 7.60. The number of amides is 1. The quantitative estimate of drug-likeness (QED) is 0.176. The van der Waals surface area contributed by atoms with Gasteiger partial charge in [-0.15, -0.1) is 0 Å². The summed E-state index contributed by atoms with van der Waals surface area (Å²) < 4.78 is 18.9. The zero-order chi connectivity index (χ0) is 26.5. The van der Waals surface area contributed by atoms with Crippen LogP contribution in [0.1, 0.15) is 58.0 Å². The average molecular weight is 516 g/mol. The highest BCUT2D eigenvalue weighted by atomic mass is 28.3. The molecule has 1 aromatic carbocycles. The van der Waals surface area contributed by atoms with Crippen LogP contribution in [0.5, 0.6) is 0 Å². The molecule has 1 saturated heterocycles. The number of esters is 1. The van der Waals surface area contributed by atoms with Gasteiger partial charge in [-0.25, -0.2) is 14.6 Å². The Bertz CT molecular complexity index is 1100. The molecule has 0 N–H and O–H groups in total. The molecule has 1 fully saturated rings. The molecule has 1 aliphatic heterocycles. The molecule has 8 nitrogen and oxygen atoms in total.